The smallest absolute Gasteiger partial charge is 0.229 e. The van der Waals surface area contributed by atoms with E-state index in [-0.39, 0.29) is 22.9 Å². The molecular weight excluding hydrogens is 216 g/mol. The van der Waals surface area contributed by atoms with Crippen molar-refractivity contribution in [2.45, 2.75) is 26.8 Å². The summed E-state index contributed by atoms with van der Waals surface area (Å²) < 4.78 is 0. The highest BCUT2D eigenvalue weighted by atomic mass is 32.2. The third-order valence-electron chi connectivity index (χ3n) is 1.78. The first-order chi connectivity index (χ1) is 6.49. The third-order valence-corrected chi connectivity index (χ3v) is 3.28. The zero-order valence-electron chi connectivity index (χ0n) is 8.87. The Morgan fingerprint density at radius 3 is 2.57 bits per heavy atom. The molecule has 0 rings (SSSR count). The van der Waals surface area contributed by atoms with Crippen LogP contribution >= 0.6 is 24.0 Å². The van der Waals surface area contributed by atoms with Crippen LogP contribution in [0.3, 0.4) is 0 Å². The summed E-state index contributed by atoms with van der Waals surface area (Å²) in [4.78, 5) is 11.7. The molecule has 0 bridgehead atoms. The Balaban J connectivity index is 3.87. The number of carbonyl (C=O) groups excluding carboxylic acids is 1. The molecule has 0 saturated carbocycles. The Morgan fingerprint density at radius 1 is 1.57 bits per heavy atom. The van der Waals surface area contributed by atoms with Gasteiger partial charge in [-0.2, -0.15) is 11.8 Å². The summed E-state index contributed by atoms with van der Waals surface area (Å²) in [7, 11) is 0. The number of hydrogen-bond acceptors (Lipinski definition) is 3. The van der Waals surface area contributed by atoms with Crippen LogP contribution in [0.2, 0.25) is 0 Å². The Morgan fingerprint density at radius 2 is 2.14 bits per heavy atom. The number of carbonyl (C=O) groups is 1. The van der Waals surface area contributed by atoms with E-state index in [0.717, 1.165) is 11.5 Å². The van der Waals surface area contributed by atoms with E-state index in [9.17, 15) is 4.79 Å². The summed E-state index contributed by atoms with van der Waals surface area (Å²) in [5.41, 5.74) is 5.38. The molecule has 0 aliphatic heterocycles. The largest absolute Gasteiger partial charge is 0.393 e. The first-order valence-electron chi connectivity index (χ1n) is 4.66. The highest BCUT2D eigenvalue weighted by Crippen LogP contribution is 2.03. The maximum atomic E-state index is 11.5. The first kappa shape index (κ1) is 13.7. The van der Waals surface area contributed by atoms with E-state index in [4.69, 9.17) is 18.0 Å². The number of thioether (sulfide) groups is 1. The summed E-state index contributed by atoms with van der Waals surface area (Å²) in [6, 6.07) is 0.171. The van der Waals surface area contributed by atoms with Crippen LogP contribution in [0.5, 0.6) is 0 Å². The molecule has 3 N–H and O–H groups in total. The molecule has 1 amide bonds. The van der Waals surface area contributed by atoms with E-state index < -0.39 is 0 Å². The summed E-state index contributed by atoms with van der Waals surface area (Å²) in [5, 5.41) is 2.87. The number of rotatable bonds is 6. The quantitative estimate of drug-likeness (QED) is 0.677. The molecule has 0 aliphatic rings. The van der Waals surface area contributed by atoms with Crippen molar-refractivity contribution in [3.05, 3.63) is 0 Å². The van der Waals surface area contributed by atoms with Crippen molar-refractivity contribution in [2.24, 2.45) is 11.7 Å². The normalized spacial score (nSPS) is 14.5. The van der Waals surface area contributed by atoms with Gasteiger partial charge in [0.25, 0.3) is 0 Å². The Bertz CT molecular complexity index is 209. The topological polar surface area (TPSA) is 55.1 Å². The van der Waals surface area contributed by atoms with Crippen molar-refractivity contribution in [3.8, 4) is 0 Å². The molecule has 0 spiro atoms. The summed E-state index contributed by atoms with van der Waals surface area (Å²) >= 11 is 6.55. The second-order valence-electron chi connectivity index (χ2n) is 3.19. The lowest BCUT2D eigenvalue weighted by Crippen LogP contribution is -2.41. The molecule has 5 heteroatoms. The van der Waals surface area contributed by atoms with Gasteiger partial charge in [0.1, 0.15) is 0 Å². The fraction of sp³-hybridized carbons (Fsp3) is 0.778. The minimum Gasteiger partial charge on any atom is -0.393 e. The minimum absolute atomic E-state index is 0.0818. The standard InChI is InChI=1S/C9H18N2OS2/c1-4-14-5-6(2)11-9(12)7(3)8(10)13/h6-7H,4-5H2,1-3H3,(H2,10,13)(H,11,12). The van der Waals surface area contributed by atoms with Crippen molar-refractivity contribution >= 4 is 34.9 Å². The van der Waals surface area contributed by atoms with E-state index in [1.165, 1.54) is 0 Å². The number of nitrogens with one attached hydrogen (secondary N) is 1. The minimum atomic E-state index is -0.376. The van der Waals surface area contributed by atoms with Crippen LogP contribution in [-0.4, -0.2) is 28.4 Å². The van der Waals surface area contributed by atoms with Gasteiger partial charge in [0, 0.05) is 11.8 Å². The molecule has 2 unspecified atom stereocenters. The van der Waals surface area contributed by atoms with Gasteiger partial charge in [-0.25, -0.2) is 0 Å². The maximum absolute atomic E-state index is 11.5. The zero-order valence-corrected chi connectivity index (χ0v) is 10.5. The lowest BCUT2D eigenvalue weighted by molar-refractivity contribution is -0.123. The maximum Gasteiger partial charge on any atom is 0.229 e. The van der Waals surface area contributed by atoms with E-state index in [1.54, 1.807) is 18.7 Å². The monoisotopic (exact) mass is 234 g/mol. The number of thiocarbonyl (C=S) groups is 1. The predicted octanol–water partition coefficient (Wildman–Crippen LogP) is 1.17. The van der Waals surface area contributed by atoms with E-state index in [2.05, 4.69) is 12.2 Å². The number of amides is 1. The molecule has 14 heavy (non-hydrogen) atoms. The lowest BCUT2D eigenvalue weighted by atomic mass is 10.1. The summed E-state index contributed by atoms with van der Waals surface area (Å²) in [6.07, 6.45) is 0. The Labute approximate surface area is 95.2 Å². The molecule has 0 radical (unpaired) electrons. The second kappa shape index (κ2) is 7.06. The van der Waals surface area contributed by atoms with Crippen LogP contribution in [-0.2, 0) is 4.79 Å². The molecular formula is C9H18N2OS2. The van der Waals surface area contributed by atoms with Gasteiger partial charge in [0.2, 0.25) is 5.91 Å². The Kier molecular flexibility index (Phi) is 6.92. The molecule has 0 heterocycles. The van der Waals surface area contributed by atoms with Gasteiger partial charge in [0.05, 0.1) is 10.9 Å². The molecule has 0 aliphatic carbocycles. The van der Waals surface area contributed by atoms with Crippen molar-refractivity contribution in [1.82, 2.24) is 5.32 Å². The molecule has 0 aromatic heterocycles. The number of nitrogens with two attached hydrogens (primary N) is 1. The SMILES string of the molecule is CCSCC(C)NC(=O)C(C)C(N)=S. The number of hydrogen-bond donors (Lipinski definition) is 2. The van der Waals surface area contributed by atoms with Crippen molar-refractivity contribution in [3.63, 3.8) is 0 Å². The highest BCUT2D eigenvalue weighted by Gasteiger charge is 2.16. The van der Waals surface area contributed by atoms with Crippen LogP contribution in [0.1, 0.15) is 20.8 Å². The van der Waals surface area contributed by atoms with Crippen LogP contribution in [0.4, 0.5) is 0 Å². The van der Waals surface area contributed by atoms with Gasteiger partial charge in [-0.05, 0) is 19.6 Å². The van der Waals surface area contributed by atoms with Gasteiger partial charge in [-0.3, -0.25) is 4.79 Å². The van der Waals surface area contributed by atoms with Gasteiger partial charge in [-0.15, -0.1) is 0 Å². The summed E-state index contributed by atoms with van der Waals surface area (Å²) in [6.45, 7) is 5.79. The van der Waals surface area contributed by atoms with Crippen LogP contribution in [0.15, 0.2) is 0 Å². The summed E-state index contributed by atoms with van der Waals surface area (Å²) in [5.74, 6) is 1.53. The zero-order chi connectivity index (χ0) is 11.1. The molecule has 82 valence electrons. The fourth-order valence-corrected chi connectivity index (χ4v) is 1.61. The molecule has 0 aromatic rings. The van der Waals surface area contributed by atoms with Crippen molar-refractivity contribution in [2.75, 3.05) is 11.5 Å². The average molecular weight is 234 g/mol. The fourth-order valence-electron chi connectivity index (χ4n) is 0.833. The second-order valence-corrected chi connectivity index (χ2v) is 4.98. The molecule has 2 atom stereocenters. The van der Waals surface area contributed by atoms with Crippen molar-refractivity contribution < 1.29 is 4.79 Å². The Hall–Kier alpha value is -0.290. The van der Waals surface area contributed by atoms with Gasteiger partial charge in [0.15, 0.2) is 0 Å². The van der Waals surface area contributed by atoms with Crippen LogP contribution < -0.4 is 11.1 Å². The van der Waals surface area contributed by atoms with Gasteiger partial charge in [-0.1, -0.05) is 19.1 Å². The van der Waals surface area contributed by atoms with E-state index in [0.29, 0.717) is 0 Å². The van der Waals surface area contributed by atoms with E-state index in [1.807, 2.05) is 6.92 Å². The predicted molar refractivity (Wildman–Crippen MR) is 66.6 cm³/mol. The van der Waals surface area contributed by atoms with Crippen LogP contribution in [0, 0.1) is 5.92 Å². The molecule has 0 saturated heterocycles. The van der Waals surface area contributed by atoms with E-state index >= 15 is 0 Å². The van der Waals surface area contributed by atoms with Gasteiger partial charge >= 0.3 is 0 Å². The molecule has 0 aromatic carbocycles. The first-order valence-corrected chi connectivity index (χ1v) is 6.22. The molecule has 0 fully saturated rings. The van der Waals surface area contributed by atoms with Gasteiger partial charge < -0.3 is 11.1 Å². The molecule has 3 nitrogen and oxygen atoms in total. The lowest BCUT2D eigenvalue weighted by Gasteiger charge is -2.16. The average Bonchev–Trinajstić information content (AvgIpc) is 2.13. The van der Waals surface area contributed by atoms with Crippen molar-refractivity contribution in [1.29, 1.82) is 0 Å². The van der Waals surface area contributed by atoms with Crippen LogP contribution in [0.25, 0.3) is 0 Å². The third kappa shape index (κ3) is 5.44. The highest BCUT2D eigenvalue weighted by molar-refractivity contribution is 7.99.